The Balaban J connectivity index is 2.70. The maximum atomic E-state index is 15.2. The van der Waals surface area contributed by atoms with Crippen LogP contribution >= 0.6 is 5.51 Å². The molecular weight excluding hydrogens is 421 g/mol. The van der Waals surface area contributed by atoms with Gasteiger partial charge in [-0.25, -0.2) is 0 Å². The van der Waals surface area contributed by atoms with Crippen molar-refractivity contribution >= 4 is 31.2 Å². The topological polar surface area (TPSA) is 0 Å². The van der Waals surface area contributed by atoms with Gasteiger partial charge in [0.1, 0.15) is 0 Å². The molecule has 0 nitrogen and oxygen atoms in total. The minimum atomic E-state index is -4.78. The number of halogens is 5. The molecule has 7 heteroatoms. The molecular formula is C18H18F5PSe. The van der Waals surface area contributed by atoms with Gasteiger partial charge in [-0.05, 0) is 0 Å². The van der Waals surface area contributed by atoms with Crippen molar-refractivity contribution in [3.05, 3.63) is 60.7 Å². The van der Waals surface area contributed by atoms with E-state index in [9.17, 15) is 13.2 Å². The van der Waals surface area contributed by atoms with Crippen molar-refractivity contribution in [2.45, 2.75) is 37.5 Å². The standard InChI is InChI=1S/C18H18F5PSe/c1-2-9-16(19)17(20,21)18(22,23)24(25,14-10-5-3-6-11-14)15-12-7-4-8-13-15/h3-8,10-13,16H,2,9H2,1H3. The first-order chi connectivity index (χ1) is 11.7. The summed E-state index contributed by atoms with van der Waals surface area (Å²) >= 11 is 2.38. The van der Waals surface area contributed by atoms with E-state index in [0.29, 0.717) is 0 Å². The third kappa shape index (κ3) is 3.49. The van der Waals surface area contributed by atoms with Crippen LogP contribution in [0, 0.1) is 0 Å². The van der Waals surface area contributed by atoms with Crippen LogP contribution in [0.3, 0.4) is 0 Å². The molecule has 0 amide bonds. The Bertz CT molecular complexity index is 690. The molecule has 0 aliphatic carbocycles. The quantitative estimate of drug-likeness (QED) is 0.320. The second-order valence-corrected chi connectivity index (χ2v) is 12.0. The minimum absolute atomic E-state index is 0.0579. The van der Waals surface area contributed by atoms with Crippen LogP contribution in [-0.2, 0) is 0 Å². The average Bonchev–Trinajstić information content (AvgIpc) is 2.62. The molecule has 0 bridgehead atoms. The Morgan fingerprint density at radius 2 is 1.28 bits per heavy atom. The zero-order valence-electron chi connectivity index (χ0n) is 13.5. The van der Waals surface area contributed by atoms with Crippen LogP contribution in [0.1, 0.15) is 19.8 Å². The molecule has 0 N–H and O–H groups in total. The average molecular weight is 439 g/mol. The van der Waals surface area contributed by atoms with Crippen molar-refractivity contribution in [1.29, 1.82) is 0 Å². The molecule has 0 aliphatic heterocycles. The van der Waals surface area contributed by atoms with Gasteiger partial charge >= 0.3 is 151 Å². The van der Waals surface area contributed by atoms with Crippen LogP contribution < -0.4 is 10.6 Å². The molecule has 2 rings (SSSR count). The second kappa shape index (κ2) is 7.73. The molecule has 0 aromatic heterocycles. The Kier molecular flexibility index (Phi) is 6.30. The Labute approximate surface area is 151 Å². The van der Waals surface area contributed by atoms with E-state index in [1.807, 2.05) is 0 Å². The molecule has 25 heavy (non-hydrogen) atoms. The first-order valence-electron chi connectivity index (χ1n) is 7.80. The van der Waals surface area contributed by atoms with Crippen LogP contribution in [-0.4, -0.2) is 32.9 Å². The molecule has 136 valence electrons. The summed E-state index contributed by atoms with van der Waals surface area (Å²) in [6.45, 7) is 1.48. The van der Waals surface area contributed by atoms with Gasteiger partial charge in [0.25, 0.3) is 0 Å². The summed E-state index contributed by atoms with van der Waals surface area (Å²) < 4.78 is 73.5. The Morgan fingerprint density at radius 3 is 1.64 bits per heavy atom. The van der Waals surface area contributed by atoms with E-state index in [4.69, 9.17) is 0 Å². The van der Waals surface area contributed by atoms with E-state index in [-0.39, 0.29) is 17.0 Å². The summed E-state index contributed by atoms with van der Waals surface area (Å²) in [5.74, 6) is -4.78. The fourth-order valence-electron chi connectivity index (χ4n) is 2.58. The van der Waals surface area contributed by atoms with Crippen LogP contribution in [0.5, 0.6) is 0 Å². The summed E-state index contributed by atoms with van der Waals surface area (Å²) in [7, 11) is 0. The van der Waals surface area contributed by atoms with Gasteiger partial charge in [0.15, 0.2) is 0 Å². The second-order valence-electron chi connectivity index (χ2n) is 5.70. The molecule has 1 atom stereocenters. The number of rotatable bonds is 7. The Morgan fingerprint density at radius 1 is 0.880 bits per heavy atom. The summed E-state index contributed by atoms with van der Waals surface area (Å²) in [4.78, 5) is 0. The van der Waals surface area contributed by atoms with Crippen molar-refractivity contribution in [3.8, 4) is 0 Å². The van der Waals surface area contributed by atoms with Crippen LogP contribution in [0.2, 0.25) is 0 Å². The summed E-state index contributed by atoms with van der Waals surface area (Å²) in [6, 6.07) is 14.8. The summed E-state index contributed by atoms with van der Waals surface area (Å²) in [5, 5.41) is 0.129. The zero-order valence-corrected chi connectivity index (χ0v) is 16.1. The number of hydrogen-bond donors (Lipinski definition) is 0. The molecule has 1 unspecified atom stereocenters. The van der Waals surface area contributed by atoms with Crippen molar-refractivity contribution in [1.82, 2.24) is 0 Å². The van der Waals surface area contributed by atoms with E-state index in [0.717, 1.165) is 0 Å². The van der Waals surface area contributed by atoms with E-state index in [2.05, 4.69) is 15.1 Å². The van der Waals surface area contributed by atoms with Crippen LogP contribution in [0.4, 0.5) is 22.0 Å². The SMILES string of the molecule is CCCC(F)C(F)(F)C(F)(F)P(=[Se])(c1ccccc1)c1ccccc1. The zero-order chi connectivity index (χ0) is 18.7. The van der Waals surface area contributed by atoms with E-state index in [1.165, 1.54) is 55.5 Å². The van der Waals surface area contributed by atoms with Gasteiger partial charge in [0.2, 0.25) is 0 Å². The van der Waals surface area contributed by atoms with E-state index < -0.39 is 29.7 Å². The Hall–Kier alpha value is -0.961. The van der Waals surface area contributed by atoms with Crippen molar-refractivity contribution in [2.75, 3.05) is 0 Å². The van der Waals surface area contributed by atoms with Gasteiger partial charge in [-0.15, -0.1) is 0 Å². The molecule has 0 fully saturated rings. The van der Waals surface area contributed by atoms with E-state index in [1.54, 1.807) is 12.1 Å². The van der Waals surface area contributed by atoms with Gasteiger partial charge in [-0.1, -0.05) is 0 Å². The number of hydrogen-bond acceptors (Lipinski definition) is 0. The monoisotopic (exact) mass is 440 g/mol. The summed E-state index contributed by atoms with van der Waals surface area (Å²) in [6.07, 6.45) is -3.47. The molecule has 0 spiro atoms. The van der Waals surface area contributed by atoms with Crippen molar-refractivity contribution < 1.29 is 22.0 Å². The molecule has 2 aromatic carbocycles. The van der Waals surface area contributed by atoms with Gasteiger partial charge < -0.3 is 0 Å². The normalized spacial score (nSPS) is 14.3. The van der Waals surface area contributed by atoms with Crippen molar-refractivity contribution in [2.24, 2.45) is 0 Å². The molecule has 0 saturated heterocycles. The van der Waals surface area contributed by atoms with Crippen LogP contribution in [0.15, 0.2) is 60.7 Å². The maximum absolute atomic E-state index is 15.2. The first kappa shape index (κ1) is 20.4. The van der Waals surface area contributed by atoms with Gasteiger partial charge in [-0.3, -0.25) is 0 Å². The number of alkyl halides is 5. The molecule has 0 heterocycles. The van der Waals surface area contributed by atoms with Gasteiger partial charge in [0, 0.05) is 0 Å². The molecule has 2 aromatic rings. The molecule has 0 radical (unpaired) electrons. The van der Waals surface area contributed by atoms with Crippen molar-refractivity contribution in [3.63, 3.8) is 0 Å². The predicted octanol–water partition coefficient (Wildman–Crippen LogP) is 5.10. The first-order valence-corrected chi connectivity index (χ1v) is 11.8. The summed E-state index contributed by atoms with van der Waals surface area (Å²) in [5.41, 5.74) is -8.60. The fourth-order valence-corrected chi connectivity index (χ4v) is 7.57. The van der Waals surface area contributed by atoms with Crippen LogP contribution in [0.25, 0.3) is 0 Å². The fraction of sp³-hybridized carbons (Fsp3) is 0.333. The van der Waals surface area contributed by atoms with Gasteiger partial charge in [0.05, 0.1) is 0 Å². The third-order valence-corrected chi connectivity index (χ3v) is 11.2. The number of benzene rings is 2. The molecule has 0 aliphatic rings. The predicted molar refractivity (Wildman–Crippen MR) is 94.5 cm³/mol. The van der Waals surface area contributed by atoms with E-state index >= 15 is 8.78 Å². The van der Waals surface area contributed by atoms with Gasteiger partial charge in [-0.2, -0.15) is 0 Å². The third-order valence-electron chi connectivity index (χ3n) is 3.97. The molecule has 0 saturated carbocycles.